The van der Waals surface area contributed by atoms with Crippen molar-refractivity contribution >= 4 is 46.2 Å². The molecule has 1 aromatic rings. The Hall–Kier alpha value is -0.550. The molecule has 0 saturated carbocycles. The first kappa shape index (κ1) is 12.5. The molecule has 80 valence electrons. The lowest BCUT2D eigenvalue weighted by atomic mass is 10.2. The first-order chi connectivity index (χ1) is 7.13. The first-order valence-corrected chi connectivity index (χ1v) is 5.89. The molecular weight excluding hydrogens is 326 g/mol. The third-order valence-electron chi connectivity index (χ3n) is 1.63. The van der Waals surface area contributed by atoms with Crippen molar-refractivity contribution in [1.29, 1.82) is 0 Å². The Morgan fingerprint density at radius 3 is 2.60 bits per heavy atom. The summed E-state index contributed by atoms with van der Waals surface area (Å²) in [7, 11) is 0. The molecule has 0 aromatic heterocycles. The number of ether oxygens (including phenoxy) is 1. The van der Waals surface area contributed by atoms with Gasteiger partial charge < -0.3 is 4.74 Å². The summed E-state index contributed by atoms with van der Waals surface area (Å²) in [4.78, 5) is 11.2. The van der Waals surface area contributed by atoms with Crippen molar-refractivity contribution in [3.63, 3.8) is 0 Å². The van der Waals surface area contributed by atoms with Crippen LogP contribution in [0.5, 0.6) is 0 Å². The van der Waals surface area contributed by atoms with E-state index in [1.54, 1.807) is 13.0 Å². The van der Waals surface area contributed by atoms with Crippen LogP contribution in [0, 0.1) is 3.57 Å². The largest absolute Gasteiger partial charge is 0.462 e. The predicted octanol–water partition coefficient (Wildman–Crippen LogP) is 3.43. The average Bonchev–Trinajstić information content (AvgIpc) is 2.22. The van der Waals surface area contributed by atoms with Crippen LogP contribution >= 0.6 is 34.2 Å². The van der Waals surface area contributed by atoms with Crippen LogP contribution in [0.25, 0.3) is 6.08 Å². The highest BCUT2D eigenvalue weighted by atomic mass is 127. The molecular formula is C11H10ClIO2. The van der Waals surface area contributed by atoms with Crippen LogP contribution in [0.1, 0.15) is 12.5 Å². The number of rotatable bonds is 3. The predicted molar refractivity (Wildman–Crippen MR) is 69.6 cm³/mol. The van der Waals surface area contributed by atoms with E-state index in [-0.39, 0.29) is 5.03 Å². The van der Waals surface area contributed by atoms with E-state index in [4.69, 9.17) is 16.3 Å². The smallest absolute Gasteiger partial charge is 0.349 e. The highest BCUT2D eigenvalue weighted by Gasteiger charge is 2.06. The van der Waals surface area contributed by atoms with E-state index in [9.17, 15) is 4.79 Å². The van der Waals surface area contributed by atoms with E-state index < -0.39 is 5.97 Å². The molecule has 2 nitrogen and oxygen atoms in total. The third-order valence-corrected chi connectivity index (χ3v) is 2.62. The maximum Gasteiger partial charge on any atom is 0.349 e. The molecule has 0 bridgehead atoms. The van der Waals surface area contributed by atoms with E-state index in [2.05, 4.69) is 22.6 Å². The maximum atomic E-state index is 11.2. The fourth-order valence-corrected chi connectivity index (χ4v) is 1.50. The Bertz CT molecular complexity index is 371. The van der Waals surface area contributed by atoms with Crippen molar-refractivity contribution in [2.45, 2.75) is 6.92 Å². The zero-order valence-corrected chi connectivity index (χ0v) is 11.1. The van der Waals surface area contributed by atoms with Crippen LogP contribution in [0.3, 0.4) is 0 Å². The van der Waals surface area contributed by atoms with Gasteiger partial charge in [0.1, 0.15) is 5.03 Å². The van der Waals surface area contributed by atoms with Crippen molar-refractivity contribution in [1.82, 2.24) is 0 Å². The van der Waals surface area contributed by atoms with Gasteiger partial charge in [-0.15, -0.1) is 0 Å². The van der Waals surface area contributed by atoms with Gasteiger partial charge in [-0.3, -0.25) is 0 Å². The number of carbonyl (C=O) groups is 1. The Morgan fingerprint density at radius 1 is 1.47 bits per heavy atom. The van der Waals surface area contributed by atoms with Crippen LogP contribution in [0.4, 0.5) is 0 Å². The molecule has 0 aliphatic heterocycles. The molecule has 0 unspecified atom stereocenters. The second-order valence-corrected chi connectivity index (χ2v) is 4.42. The quantitative estimate of drug-likeness (QED) is 0.480. The van der Waals surface area contributed by atoms with Crippen molar-refractivity contribution in [3.05, 3.63) is 38.4 Å². The van der Waals surface area contributed by atoms with Gasteiger partial charge >= 0.3 is 5.97 Å². The monoisotopic (exact) mass is 336 g/mol. The third kappa shape index (κ3) is 4.22. The van der Waals surface area contributed by atoms with Gasteiger partial charge in [-0.25, -0.2) is 4.79 Å². The Labute approximate surface area is 107 Å². The molecule has 0 N–H and O–H groups in total. The van der Waals surface area contributed by atoms with Gasteiger partial charge in [0.25, 0.3) is 0 Å². The lowest BCUT2D eigenvalue weighted by molar-refractivity contribution is -0.137. The van der Waals surface area contributed by atoms with Gasteiger partial charge in [0.05, 0.1) is 6.61 Å². The zero-order valence-electron chi connectivity index (χ0n) is 8.17. The van der Waals surface area contributed by atoms with Crippen molar-refractivity contribution in [3.8, 4) is 0 Å². The molecule has 15 heavy (non-hydrogen) atoms. The molecule has 1 rings (SSSR count). The Kier molecular flexibility index (Phi) is 5.11. The van der Waals surface area contributed by atoms with Gasteiger partial charge in [0, 0.05) is 3.57 Å². The Balaban J connectivity index is 2.78. The number of hydrogen-bond donors (Lipinski definition) is 0. The summed E-state index contributed by atoms with van der Waals surface area (Å²) < 4.78 is 5.90. The molecule has 0 saturated heterocycles. The summed E-state index contributed by atoms with van der Waals surface area (Å²) in [6.07, 6.45) is 1.59. The normalized spacial score (nSPS) is 11.3. The van der Waals surface area contributed by atoms with Crippen molar-refractivity contribution in [2.75, 3.05) is 6.61 Å². The number of benzene rings is 1. The van der Waals surface area contributed by atoms with Crippen LogP contribution in [-0.4, -0.2) is 12.6 Å². The summed E-state index contributed by atoms with van der Waals surface area (Å²) in [6.45, 7) is 2.07. The Morgan fingerprint density at radius 2 is 2.07 bits per heavy atom. The maximum absolute atomic E-state index is 11.2. The number of hydrogen-bond acceptors (Lipinski definition) is 2. The minimum Gasteiger partial charge on any atom is -0.462 e. The lowest BCUT2D eigenvalue weighted by Crippen LogP contribution is -2.03. The van der Waals surface area contributed by atoms with Crippen molar-refractivity contribution in [2.24, 2.45) is 0 Å². The molecule has 0 radical (unpaired) electrons. The molecule has 0 heterocycles. The fraction of sp³-hybridized carbons (Fsp3) is 0.182. The molecule has 0 fully saturated rings. The van der Waals surface area contributed by atoms with Gasteiger partial charge in [-0.2, -0.15) is 0 Å². The lowest BCUT2D eigenvalue weighted by Gasteiger charge is -1.99. The molecule has 4 heteroatoms. The summed E-state index contributed by atoms with van der Waals surface area (Å²) >= 11 is 7.98. The summed E-state index contributed by atoms with van der Waals surface area (Å²) in [6, 6.07) is 7.68. The van der Waals surface area contributed by atoms with E-state index in [1.807, 2.05) is 24.3 Å². The fourth-order valence-electron chi connectivity index (χ4n) is 0.964. The minimum atomic E-state index is -0.488. The highest BCUT2D eigenvalue weighted by molar-refractivity contribution is 14.1. The standard InChI is InChI=1S/C11H10ClIO2/c1-2-15-11(14)10(12)7-8-3-5-9(13)6-4-8/h3-7H,2H2,1H3/b10-7-. The topological polar surface area (TPSA) is 26.3 Å². The van der Waals surface area contributed by atoms with Gasteiger partial charge in [0.2, 0.25) is 0 Å². The van der Waals surface area contributed by atoms with Crippen LogP contribution in [0.15, 0.2) is 29.3 Å². The SMILES string of the molecule is CCOC(=O)/C(Cl)=C/c1ccc(I)cc1. The zero-order chi connectivity index (χ0) is 11.3. The highest BCUT2D eigenvalue weighted by Crippen LogP contribution is 2.13. The molecule has 0 amide bonds. The number of esters is 1. The first-order valence-electron chi connectivity index (χ1n) is 4.43. The summed E-state index contributed by atoms with van der Waals surface area (Å²) in [5.41, 5.74) is 0.883. The van der Waals surface area contributed by atoms with Crippen LogP contribution in [0.2, 0.25) is 0 Å². The van der Waals surface area contributed by atoms with E-state index in [0.29, 0.717) is 6.61 Å². The second kappa shape index (κ2) is 6.12. The average molecular weight is 337 g/mol. The molecule has 0 aliphatic carbocycles. The molecule has 1 aromatic carbocycles. The number of halogens is 2. The van der Waals surface area contributed by atoms with E-state index in [0.717, 1.165) is 9.13 Å². The summed E-state index contributed by atoms with van der Waals surface area (Å²) in [5, 5.41) is 0.0954. The van der Waals surface area contributed by atoms with Gasteiger partial charge in [-0.05, 0) is 53.3 Å². The van der Waals surface area contributed by atoms with Crippen molar-refractivity contribution < 1.29 is 9.53 Å². The van der Waals surface area contributed by atoms with Gasteiger partial charge in [-0.1, -0.05) is 23.7 Å². The number of carbonyl (C=O) groups excluding carboxylic acids is 1. The van der Waals surface area contributed by atoms with Crippen LogP contribution < -0.4 is 0 Å². The molecule has 0 atom stereocenters. The molecule has 0 aliphatic rings. The van der Waals surface area contributed by atoms with E-state index in [1.165, 1.54) is 0 Å². The second-order valence-electron chi connectivity index (χ2n) is 2.76. The van der Waals surface area contributed by atoms with Crippen LogP contribution in [-0.2, 0) is 9.53 Å². The summed E-state index contributed by atoms with van der Waals surface area (Å²) in [5.74, 6) is -0.488. The molecule has 0 spiro atoms. The minimum absolute atomic E-state index is 0.0954. The van der Waals surface area contributed by atoms with Gasteiger partial charge in [0.15, 0.2) is 0 Å². The van der Waals surface area contributed by atoms with E-state index >= 15 is 0 Å².